The van der Waals surface area contributed by atoms with Crippen LogP contribution >= 0.6 is 0 Å². The number of aryl methyl sites for hydroxylation is 1. The van der Waals surface area contributed by atoms with Gasteiger partial charge in [0.2, 0.25) is 0 Å². The lowest BCUT2D eigenvalue weighted by Gasteiger charge is -2.35. The summed E-state index contributed by atoms with van der Waals surface area (Å²) >= 11 is 0. The molecule has 7 heteroatoms. The van der Waals surface area contributed by atoms with Gasteiger partial charge in [-0.25, -0.2) is 14.2 Å². The highest BCUT2D eigenvalue weighted by Gasteiger charge is 2.31. The minimum absolute atomic E-state index is 0.0511. The number of anilines is 1. The Morgan fingerprint density at radius 3 is 2.93 bits per heavy atom. The summed E-state index contributed by atoms with van der Waals surface area (Å²) in [5.74, 6) is -0.344. The molecule has 2 amide bonds. The third kappa shape index (κ3) is 4.08. The van der Waals surface area contributed by atoms with Gasteiger partial charge in [-0.05, 0) is 43.0 Å². The van der Waals surface area contributed by atoms with Gasteiger partial charge < -0.3 is 19.9 Å². The summed E-state index contributed by atoms with van der Waals surface area (Å²) in [6, 6.07) is 12.0. The van der Waals surface area contributed by atoms with Crippen LogP contribution in [0.2, 0.25) is 0 Å². The fourth-order valence-electron chi connectivity index (χ4n) is 3.86. The highest BCUT2D eigenvalue weighted by molar-refractivity contribution is 5.89. The molecule has 0 aliphatic heterocycles. The van der Waals surface area contributed by atoms with Crippen LogP contribution in [0.3, 0.4) is 0 Å². The van der Waals surface area contributed by atoms with Crippen molar-refractivity contribution in [3.05, 3.63) is 78.1 Å². The minimum Gasteiger partial charge on any atom is -0.491 e. The Bertz CT molecular complexity index is 990. The van der Waals surface area contributed by atoms with E-state index < -0.39 is 5.82 Å². The molecular weight excluding hydrogens is 371 g/mol. The zero-order valence-electron chi connectivity index (χ0n) is 16.1. The first-order chi connectivity index (χ1) is 14.2. The highest BCUT2D eigenvalue weighted by Crippen LogP contribution is 2.37. The van der Waals surface area contributed by atoms with Gasteiger partial charge in [0.1, 0.15) is 0 Å². The van der Waals surface area contributed by atoms with Crippen molar-refractivity contribution in [1.82, 2.24) is 14.9 Å². The second-order valence-electron chi connectivity index (χ2n) is 6.97. The lowest BCUT2D eigenvalue weighted by atomic mass is 9.84. The number of nitrogens with zero attached hydrogens (tertiary/aromatic N) is 2. The Balaban J connectivity index is 1.54. The van der Waals surface area contributed by atoms with E-state index >= 15 is 0 Å². The van der Waals surface area contributed by atoms with Gasteiger partial charge in [0.05, 0.1) is 25.0 Å². The van der Waals surface area contributed by atoms with Crippen molar-refractivity contribution in [2.75, 3.05) is 11.9 Å². The van der Waals surface area contributed by atoms with E-state index in [1.54, 1.807) is 25.5 Å². The van der Waals surface area contributed by atoms with Gasteiger partial charge in [0, 0.05) is 24.1 Å². The molecule has 0 saturated carbocycles. The van der Waals surface area contributed by atoms with Crippen molar-refractivity contribution in [3.63, 3.8) is 0 Å². The molecule has 1 aliphatic carbocycles. The first-order valence-corrected chi connectivity index (χ1v) is 9.71. The molecule has 0 radical (unpaired) electrons. The summed E-state index contributed by atoms with van der Waals surface area (Å²) in [7, 11) is 0. The van der Waals surface area contributed by atoms with Crippen molar-refractivity contribution in [2.45, 2.75) is 31.8 Å². The zero-order valence-corrected chi connectivity index (χ0v) is 16.1. The molecule has 2 atom stereocenters. The normalized spacial score (nSPS) is 18.0. The maximum atomic E-state index is 14.1. The number of carbonyl (C=O) groups excluding carboxylic acids is 1. The second-order valence-corrected chi connectivity index (χ2v) is 6.97. The standard InChI is InChI=1S/C22H23FN4O2/c1-2-29-20-10-8-16(13-18(20)23)25-22(28)26-21-17-6-4-3-5-15(17)7-9-19(21)27-12-11-24-14-27/h3-6,8,10-14,19,21H,2,7,9H2,1H3,(H2,25,26,28)/t19-,21+/m0/s1. The number of aromatic nitrogens is 2. The SMILES string of the molecule is CCOc1ccc(NC(=O)N[C@@H]2c3ccccc3CC[C@@H]2n2ccnc2)cc1F. The van der Waals surface area contributed by atoms with Gasteiger partial charge >= 0.3 is 6.03 Å². The molecule has 0 spiro atoms. The number of rotatable bonds is 5. The number of hydrogen-bond donors (Lipinski definition) is 2. The molecule has 6 nitrogen and oxygen atoms in total. The number of hydrogen-bond acceptors (Lipinski definition) is 3. The fraction of sp³-hybridized carbons (Fsp3) is 0.273. The minimum atomic E-state index is -0.510. The van der Waals surface area contributed by atoms with E-state index in [0.29, 0.717) is 12.3 Å². The Morgan fingerprint density at radius 2 is 2.17 bits per heavy atom. The van der Waals surface area contributed by atoms with Crippen molar-refractivity contribution < 1.29 is 13.9 Å². The summed E-state index contributed by atoms with van der Waals surface area (Å²) in [6.07, 6.45) is 7.24. The monoisotopic (exact) mass is 394 g/mol. The van der Waals surface area contributed by atoms with Crippen LogP contribution in [-0.4, -0.2) is 22.2 Å². The van der Waals surface area contributed by atoms with Gasteiger partial charge in [-0.3, -0.25) is 0 Å². The Kier molecular flexibility index (Phi) is 5.46. The summed E-state index contributed by atoms with van der Waals surface area (Å²) < 4.78 is 21.3. The van der Waals surface area contributed by atoms with Gasteiger partial charge in [-0.15, -0.1) is 0 Å². The lowest BCUT2D eigenvalue weighted by Crippen LogP contribution is -2.39. The number of ether oxygens (including phenoxy) is 1. The summed E-state index contributed by atoms with van der Waals surface area (Å²) in [5, 5.41) is 5.79. The van der Waals surface area contributed by atoms with Gasteiger partial charge in [-0.1, -0.05) is 24.3 Å². The lowest BCUT2D eigenvalue weighted by molar-refractivity contribution is 0.239. The number of amides is 2. The molecule has 29 heavy (non-hydrogen) atoms. The number of nitrogens with one attached hydrogen (secondary N) is 2. The average Bonchev–Trinajstić information content (AvgIpc) is 3.25. The number of urea groups is 1. The Morgan fingerprint density at radius 1 is 1.31 bits per heavy atom. The van der Waals surface area contributed by atoms with Crippen molar-refractivity contribution in [2.24, 2.45) is 0 Å². The Labute approximate surface area is 168 Å². The van der Waals surface area contributed by atoms with Crippen LogP contribution in [0.5, 0.6) is 5.75 Å². The third-order valence-electron chi connectivity index (χ3n) is 5.17. The van der Waals surface area contributed by atoms with E-state index in [1.807, 2.05) is 29.0 Å². The summed E-state index contributed by atoms with van der Waals surface area (Å²) in [6.45, 7) is 2.17. The molecule has 150 valence electrons. The van der Waals surface area contributed by atoms with Crippen LogP contribution in [0, 0.1) is 5.82 Å². The third-order valence-corrected chi connectivity index (χ3v) is 5.17. The quantitative estimate of drug-likeness (QED) is 0.671. The van der Waals surface area contributed by atoms with E-state index in [1.165, 1.54) is 17.7 Å². The molecule has 2 aromatic carbocycles. The van der Waals surface area contributed by atoms with E-state index in [-0.39, 0.29) is 23.9 Å². The maximum Gasteiger partial charge on any atom is 0.319 e. The molecule has 1 heterocycles. The first-order valence-electron chi connectivity index (χ1n) is 9.71. The smallest absolute Gasteiger partial charge is 0.319 e. The number of carbonyl (C=O) groups is 1. The fourth-order valence-corrected chi connectivity index (χ4v) is 3.86. The highest BCUT2D eigenvalue weighted by atomic mass is 19.1. The predicted molar refractivity (Wildman–Crippen MR) is 108 cm³/mol. The molecule has 2 N–H and O–H groups in total. The Hall–Kier alpha value is -3.35. The topological polar surface area (TPSA) is 68.2 Å². The number of benzene rings is 2. The van der Waals surface area contributed by atoms with E-state index in [0.717, 1.165) is 18.4 Å². The molecular formula is C22H23FN4O2. The number of fused-ring (bicyclic) bond motifs is 1. The molecule has 3 aromatic rings. The van der Waals surface area contributed by atoms with E-state index in [4.69, 9.17) is 4.74 Å². The molecule has 0 fully saturated rings. The molecule has 1 aliphatic rings. The van der Waals surface area contributed by atoms with Crippen LogP contribution in [0.4, 0.5) is 14.9 Å². The second kappa shape index (κ2) is 8.34. The maximum absolute atomic E-state index is 14.1. The van der Waals surface area contributed by atoms with Crippen molar-refractivity contribution >= 4 is 11.7 Å². The first kappa shape index (κ1) is 19.0. The van der Waals surface area contributed by atoms with Crippen LogP contribution in [0.15, 0.2) is 61.2 Å². The average molecular weight is 394 g/mol. The van der Waals surface area contributed by atoms with E-state index in [2.05, 4.69) is 21.7 Å². The summed E-state index contributed by atoms with van der Waals surface area (Å²) in [4.78, 5) is 16.9. The van der Waals surface area contributed by atoms with Crippen LogP contribution < -0.4 is 15.4 Å². The van der Waals surface area contributed by atoms with Gasteiger partial charge in [0.25, 0.3) is 0 Å². The molecule has 1 aromatic heterocycles. The molecule has 4 rings (SSSR count). The van der Waals surface area contributed by atoms with Crippen LogP contribution in [0.1, 0.15) is 36.6 Å². The molecule has 0 saturated heterocycles. The number of imidazole rings is 1. The van der Waals surface area contributed by atoms with Crippen molar-refractivity contribution in [3.8, 4) is 5.75 Å². The molecule has 0 bridgehead atoms. The number of halogens is 1. The predicted octanol–water partition coefficient (Wildman–Crippen LogP) is 4.47. The van der Waals surface area contributed by atoms with Crippen molar-refractivity contribution in [1.29, 1.82) is 0 Å². The van der Waals surface area contributed by atoms with Crippen LogP contribution in [0.25, 0.3) is 0 Å². The van der Waals surface area contributed by atoms with E-state index in [9.17, 15) is 9.18 Å². The largest absolute Gasteiger partial charge is 0.491 e. The summed E-state index contributed by atoms with van der Waals surface area (Å²) in [5.41, 5.74) is 2.68. The van der Waals surface area contributed by atoms with Gasteiger partial charge in [0.15, 0.2) is 11.6 Å². The van der Waals surface area contributed by atoms with Crippen LogP contribution in [-0.2, 0) is 6.42 Å². The zero-order chi connectivity index (χ0) is 20.2. The molecule has 0 unspecified atom stereocenters. The van der Waals surface area contributed by atoms with Gasteiger partial charge in [-0.2, -0.15) is 0 Å².